The smallest absolute Gasteiger partial charge is 0.322 e. The summed E-state index contributed by atoms with van der Waals surface area (Å²) in [5, 5.41) is 4.77. The van der Waals surface area contributed by atoms with E-state index in [4.69, 9.17) is 0 Å². The normalized spacial score (nSPS) is 24.6. The third kappa shape index (κ3) is 1.86. The topological polar surface area (TPSA) is 78.5 Å². The first-order chi connectivity index (χ1) is 9.39. The minimum atomic E-state index is -1.07. The van der Waals surface area contributed by atoms with Crippen LogP contribution in [0.3, 0.4) is 0 Å². The molecule has 1 atom stereocenters. The number of nitrogens with one attached hydrogen (secondary N) is 2. The molecule has 1 saturated heterocycles. The third-order valence-electron chi connectivity index (χ3n) is 3.76. The summed E-state index contributed by atoms with van der Waals surface area (Å²) < 4.78 is 0. The predicted octanol–water partition coefficient (Wildman–Crippen LogP) is -1.50. The van der Waals surface area contributed by atoms with Crippen molar-refractivity contribution in [2.45, 2.75) is 19.0 Å². The monoisotopic (exact) mass is 271 g/mol. The van der Waals surface area contributed by atoms with E-state index in [-0.39, 0.29) is 12.5 Å². The van der Waals surface area contributed by atoms with Crippen LogP contribution in [0.25, 0.3) is 0 Å². The van der Waals surface area contributed by atoms with Crippen LogP contribution >= 0.6 is 0 Å². The van der Waals surface area contributed by atoms with Gasteiger partial charge in [-0.15, -0.1) is 0 Å². The van der Waals surface area contributed by atoms with Crippen LogP contribution in [0.15, 0.2) is 18.2 Å². The standard InChI is InChI=1S/C13H14BN3O3/c1-13(11(19)15-12(20)16-13)6-17-5-7-4-8(14)2-3-9(7)10(17)18/h2-4H,5-6,14H2,1H3,(H2,15,16,19,20). The van der Waals surface area contributed by atoms with Crippen LogP contribution in [0.2, 0.25) is 0 Å². The molecular formula is C13H14BN3O3. The first kappa shape index (κ1) is 12.7. The number of urea groups is 1. The maximum atomic E-state index is 12.3. The number of carbonyl (C=O) groups is 3. The lowest BCUT2D eigenvalue weighted by Gasteiger charge is -2.26. The van der Waals surface area contributed by atoms with Gasteiger partial charge >= 0.3 is 6.03 Å². The fourth-order valence-electron chi connectivity index (χ4n) is 2.71. The van der Waals surface area contributed by atoms with Crippen molar-refractivity contribution in [3.05, 3.63) is 29.3 Å². The van der Waals surface area contributed by atoms with Crippen LogP contribution in [-0.2, 0) is 11.3 Å². The van der Waals surface area contributed by atoms with Crippen molar-refractivity contribution in [3.63, 3.8) is 0 Å². The molecule has 3 rings (SSSR count). The fourth-order valence-corrected chi connectivity index (χ4v) is 2.71. The Bertz CT molecular complexity index is 646. The molecule has 102 valence electrons. The van der Waals surface area contributed by atoms with Crippen LogP contribution in [0.4, 0.5) is 4.79 Å². The average molecular weight is 271 g/mol. The Labute approximate surface area is 116 Å². The number of rotatable bonds is 2. The van der Waals surface area contributed by atoms with Crippen molar-refractivity contribution in [2.75, 3.05) is 6.54 Å². The maximum absolute atomic E-state index is 12.3. The Morgan fingerprint density at radius 1 is 1.35 bits per heavy atom. The van der Waals surface area contributed by atoms with Gasteiger partial charge in [-0.25, -0.2) is 4.79 Å². The summed E-state index contributed by atoms with van der Waals surface area (Å²) in [6.45, 7) is 2.25. The lowest BCUT2D eigenvalue weighted by molar-refractivity contribution is -0.123. The predicted molar refractivity (Wildman–Crippen MR) is 74.4 cm³/mol. The summed E-state index contributed by atoms with van der Waals surface area (Å²) in [5.74, 6) is -0.502. The van der Waals surface area contributed by atoms with E-state index in [1.807, 2.05) is 26.0 Å². The van der Waals surface area contributed by atoms with Crippen LogP contribution in [0.5, 0.6) is 0 Å². The SMILES string of the molecule is Bc1ccc2c(c1)CN(CC1(C)NC(=O)NC1=O)C2=O. The molecule has 1 aromatic rings. The van der Waals surface area contributed by atoms with Crippen LogP contribution in [0.1, 0.15) is 22.8 Å². The van der Waals surface area contributed by atoms with E-state index in [0.29, 0.717) is 12.1 Å². The average Bonchev–Trinajstić information content (AvgIpc) is 2.77. The molecule has 2 aliphatic heterocycles. The van der Waals surface area contributed by atoms with Crippen molar-refractivity contribution in [1.29, 1.82) is 0 Å². The molecule has 2 heterocycles. The minimum absolute atomic E-state index is 0.102. The number of imide groups is 1. The molecule has 0 radical (unpaired) electrons. The van der Waals surface area contributed by atoms with Crippen molar-refractivity contribution in [2.24, 2.45) is 0 Å². The molecule has 0 spiro atoms. The Balaban J connectivity index is 1.83. The van der Waals surface area contributed by atoms with Crippen LogP contribution < -0.4 is 16.1 Å². The summed E-state index contributed by atoms with van der Waals surface area (Å²) in [6.07, 6.45) is 0. The largest absolute Gasteiger partial charge is 0.331 e. The van der Waals surface area contributed by atoms with Gasteiger partial charge in [0.2, 0.25) is 0 Å². The molecule has 7 heteroatoms. The van der Waals surface area contributed by atoms with Crippen molar-refractivity contribution in [1.82, 2.24) is 15.5 Å². The number of hydrogen-bond acceptors (Lipinski definition) is 3. The second-order valence-electron chi connectivity index (χ2n) is 5.56. The number of hydrogen-bond donors (Lipinski definition) is 2. The summed E-state index contributed by atoms with van der Waals surface area (Å²) in [7, 11) is 1.97. The van der Waals surface area contributed by atoms with E-state index >= 15 is 0 Å². The quantitative estimate of drug-likeness (QED) is 0.507. The lowest BCUT2D eigenvalue weighted by atomic mass is 9.93. The van der Waals surface area contributed by atoms with Crippen LogP contribution in [0, 0.1) is 0 Å². The van der Waals surface area contributed by atoms with Gasteiger partial charge in [-0.3, -0.25) is 14.9 Å². The zero-order valence-corrected chi connectivity index (χ0v) is 11.3. The van der Waals surface area contributed by atoms with Gasteiger partial charge in [0.05, 0.1) is 6.54 Å². The second-order valence-corrected chi connectivity index (χ2v) is 5.56. The van der Waals surface area contributed by atoms with Gasteiger partial charge in [0, 0.05) is 12.1 Å². The second kappa shape index (κ2) is 4.09. The summed E-state index contributed by atoms with van der Waals surface area (Å²) in [4.78, 5) is 36.9. The van der Waals surface area contributed by atoms with Gasteiger partial charge in [0.15, 0.2) is 0 Å². The first-order valence-corrected chi connectivity index (χ1v) is 6.41. The van der Waals surface area contributed by atoms with Gasteiger partial charge in [-0.2, -0.15) is 0 Å². The van der Waals surface area contributed by atoms with E-state index in [9.17, 15) is 14.4 Å². The molecule has 20 heavy (non-hydrogen) atoms. The van der Waals surface area contributed by atoms with E-state index in [2.05, 4.69) is 10.6 Å². The van der Waals surface area contributed by atoms with Gasteiger partial charge in [0.25, 0.3) is 11.8 Å². The Hall–Kier alpha value is -2.31. The van der Waals surface area contributed by atoms with Gasteiger partial charge in [-0.05, 0) is 18.6 Å². The van der Waals surface area contributed by atoms with Crippen molar-refractivity contribution in [3.8, 4) is 0 Å². The molecule has 0 saturated carbocycles. The molecule has 1 aromatic carbocycles. The molecule has 1 unspecified atom stereocenters. The van der Waals surface area contributed by atoms with E-state index < -0.39 is 17.5 Å². The van der Waals surface area contributed by atoms with Crippen molar-refractivity contribution < 1.29 is 14.4 Å². The highest BCUT2D eigenvalue weighted by atomic mass is 16.2. The minimum Gasteiger partial charge on any atom is -0.331 e. The number of benzene rings is 1. The first-order valence-electron chi connectivity index (χ1n) is 6.41. The highest BCUT2D eigenvalue weighted by Crippen LogP contribution is 2.24. The van der Waals surface area contributed by atoms with E-state index in [1.54, 1.807) is 11.8 Å². The Morgan fingerprint density at radius 2 is 2.10 bits per heavy atom. The van der Waals surface area contributed by atoms with Gasteiger partial charge < -0.3 is 10.2 Å². The van der Waals surface area contributed by atoms with E-state index in [1.165, 1.54) is 0 Å². The zero-order chi connectivity index (χ0) is 14.5. The van der Waals surface area contributed by atoms with Crippen LogP contribution in [-0.4, -0.2) is 42.7 Å². The fraction of sp³-hybridized carbons (Fsp3) is 0.308. The Morgan fingerprint density at radius 3 is 2.75 bits per heavy atom. The van der Waals surface area contributed by atoms with Gasteiger partial charge in [0.1, 0.15) is 13.4 Å². The number of nitrogens with zero attached hydrogens (tertiary/aromatic N) is 1. The molecule has 2 N–H and O–H groups in total. The molecule has 0 aliphatic carbocycles. The highest BCUT2D eigenvalue weighted by molar-refractivity contribution is 6.32. The zero-order valence-electron chi connectivity index (χ0n) is 11.3. The summed E-state index contributed by atoms with van der Waals surface area (Å²) in [6, 6.07) is 5.16. The lowest BCUT2D eigenvalue weighted by Crippen LogP contribution is -2.52. The number of carbonyl (C=O) groups excluding carboxylic acids is 3. The maximum Gasteiger partial charge on any atom is 0.322 e. The number of fused-ring (bicyclic) bond motifs is 1. The number of amides is 4. The molecule has 0 bridgehead atoms. The highest BCUT2D eigenvalue weighted by Gasteiger charge is 2.45. The van der Waals surface area contributed by atoms with E-state index in [0.717, 1.165) is 11.0 Å². The summed E-state index contributed by atoms with van der Waals surface area (Å²) >= 11 is 0. The molecule has 1 fully saturated rings. The molecule has 0 aromatic heterocycles. The molecule has 4 amide bonds. The molecule has 6 nitrogen and oxygen atoms in total. The third-order valence-corrected chi connectivity index (χ3v) is 3.76. The molecule has 2 aliphatic rings. The Kier molecular flexibility index (Phi) is 2.60. The van der Waals surface area contributed by atoms with Crippen molar-refractivity contribution >= 4 is 31.2 Å². The summed E-state index contributed by atoms with van der Waals surface area (Å²) in [5.41, 5.74) is 1.66. The van der Waals surface area contributed by atoms with Gasteiger partial charge in [-0.1, -0.05) is 17.6 Å². The molecular weight excluding hydrogens is 257 g/mol.